The van der Waals surface area contributed by atoms with Crippen LogP contribution in [0.1, 0.15) is 6.23 Å². The van der Waals surface area contributed by atoms with Crippen LogP contribution in [0, 0.1) is 0 Å². The number of rotatable bonds is 2. The zero-order chi connectivity index (χ0) is 15.3. The van der Waals surface area contributed by atoms with Gasteiger partial charge in [0.05, 0.1) is 11.9 Å². The zero-order valence-corrected chi connectivity index (χ0v) is 12.2. The number of aromatic nitrogens is 2. The molecule has 5 N–H and O–H groups in total. The fraction of sp³-hybridized carbons (Fsp3) is 0.600. The topological polar surface area (TPSA) is 131 Å². The molecule has 122 valence electrons. The van der Waals surface area contributed by atoms with Crippen LogP contribution in [0.5, 0.6) is 0 Å². The Morgan fingerprint density at radius 2 is 1.95 bits per heavy atom. The summed E-state index contributed by atoms with van der Waals surface area (Å²) < 4.78 is 6.19. The van der Waals surface area contributed by atoms with E-state index in [0.29, 0.717) is 0 Å². The van der Waals surface area contributed by atoms with Crippen molar-refractivity contribution in [2.45, 2.75) is 24.5 Å². The summed E-state index contributed by atoms with van der Waals surface area (Å²) >= 11 is 9.53. The lowest BCUT2D eigenvalue weighted by Gasteiger charge is -2.16. The van der Waals surface area contributed by atoms with Gasteiger partial charge < -0.3 is 25.8 Å². The Hall–Kier alpha value is -0.970. The predicted octanol–water partition coefficient (Wildman–Crippen LogP) is -0.989. The maximum atomic E-state index is 11.5. The number of hydrogen-bond donors (Lipinski definition) is 4. The number of halogens is 3. The molecule has 21 heavy (non-hydrogen) atoms. The van der Waals surface area contributed by atoms with Crippen molar-refractivity contribution in [3.63, 3.8) is 0 Å². The molecule has 1 aliphatic heterocycles. The summed E-state index contributed by atoms with van der Waals surface area (Å²) in [5.74, 6) is 0.0537. The SMILES string of the molecule is ClCCl.F.Nc1ccn([C@@H]2O[C@H](CO)[C@@H](O)[C@H]2O)c(=O)n1. The molecule has 0 saturated carbocycles. The van der Waals surface area contributed by atoms with E-state index in [4.69, 9.17) is 38.8 Å². The summed E-state index contributed by atoms with van der Waals surface area (Å²) in [6.45, 7) is -0.453. The van der Waals surface area contributed by atoms with E-state index in [2.05, 4.69) is 4.98 Å². The van der Waals surface area contributed by atoms with E-state index in [1.54, 1.807) is 0 Å². The Morgan fingerprint density at radius 3 is 2.38 bits per heavy atom. The fourth-order valence-electron chi connectivity index (χ4n) is 1.73. The smallest absolute Gasteiger partial charge is 0.351 e. The number of nitrogens with zero attached hydrogens (tertiary/aromatic N) is 2. The molecular formula is C10H16Cl2FN3O5. The molecule has 8 nitrogen and oxygen atoms in total. The van der Waals surface area contributed by atoms with Crippen molar-refractivity contribution in [1.29, 1.82) is 0 Å². The maximum Gasteiger partial charge on any atom is 0.351 e. The van der Waals surface area contributed by atoms with Crippen LogP contribution in [0.15, 0.2) is 17.1 Å². The summed E-state index contributed by atoms with van der Waals surface area (Å²) in [6, 6.07) is 1.37. The van der Waals surface area contributed by atoms with Crippen LogP contribution in [0.2, 0.25) is 0 Å². The molecule has 0 radical (unpaired) electrons. The monoisotopic (exact) mass is 347 g/mol. The van der Waals surface area contributed by atoms with Gasteiger partial charge in [-0.1, -0.05) is 0 Å². The van der Waals surface area contributed by atoms with Gasteiger partial charge in [-0.15, -0.1) is 23.2 Å². The number of ether oxygens (including phenoxy) is 1. The van der Waals surface area contributed by atoms with Gasteiger partial charge in [-0.25, -0.2) is 4.79 Å². The van der Waals surface area contributed by atoms with Gasteiger partial charge in [-0.05, 0) is 6.07 Å². The second-order valence-electron chi connectivity index (χ2n) is 3.87. The van der Waals surface area contributed by atoms with Crippen molar-refractivity contribution in [2.75, 3.05) is 17.7 Å². The third-order valence-corrected chi connectivity index (χ3v) is 2.64. The molecule has 0 spiro atoms. The molecule has 4 atom stereocenters. The van der Waals surface area contributed by atoms with E-state index in [0.717, 1.165) is 4.57 Å². The van der Waals surface area contributed by atoms with Crippen LogP contribution in [-0.4, -0.2) is 55.1 Å². The first kappa shape index (κ1) is 20.0. The number of anilines is 1. The first-order chi connectivity index (χ1) is 9.46. The van der Waals surface area contributed by atoms with Crippen LogP contribution >= 0.6 is 23.2 Å². The Kier molecular flexibility index (Phi) is 8.71. The highest BCUT2D eigenvalue weighted by molar-refractivity contribution is 6.40. The third-order valence-electron chi connectivity index (χ3n) is 2.64. The molecule has 2 rings (SSSR count). The summed E-state index contributed by atoms with van der Waals surface area (Å²) in [6.07, 6.45) is -3.27. The quantitative estimate of drug-likeness (QED) is 0.505. The number of nitrogens with two attached hydrogens (primary N) is 1. The van der Waals surface area contributed by atoms with Crippen molar-refractivity contribution in [3.8, 4) is 0 Å². The van der Waals surface area contributed by atoms with Crippen LogP contribution in [0.25, 0.3) is 0 Å². The largest absolute Gasteiger partial charge is 0.394 e. The molecular weight excluding hydrogens is 332 g/mol. The van der Waals surface area contributed by atoms with Crippen molar-refractivity contribution < 1.29 is 24.8 Å². The van der Waals surface area contributed by atoms with Crippen molar-refractivity contribution in [2.24, 2.45) is 0 Å². The molecule has 1 saturated heterocycles. The highest BCUT2D eigenvalue weighted by Gasteiger charge is 2.43. The minimum absolute atomic E-state index is 0. The summed E-state index contributed by atoms with van der Waals surface area (Å²) in [7, 11) is 0. The lowest BCUT2D eigenvalue weighted by molar-refractivity contribution is -0.0549. The lowest BCUT2D eigenvalue weighted by Crippen LogP contribution is -2.36. The average molecular weight is 348 g/mol. The minimum atomic E-state index is -1.31. The van der Waals surface area contributed by atoms with E-state index in [9.17, 15) is 15.0 Å². The van der Waals surface area contributed by atoms with E-state index in [1.165, 1.54) is 12.3 Å². The molecule has 1 fully saturated rings. The number of hydrogen-bond acceptors (Lipinski definition) is 7. The molecule has 0 amide bonds. The Bertz CT molecular complexity index is 492. The number of aliphatic hydroxyl groups excluding tert-OH is 3. The van der Waals surface area contributed by atoms with Crippen molar-refractivity contribution in [3.05, 3.63) is 22.7 Å². The van der Waals surface area contributed by atoms with E-state index >= 15 is 0 Å². The molecule has 0 unspecified atom stereocenters. The second kappa shape index (κ2) is 9.13. The van der Waals surface area contributed by atoms with Crippen LogP contribution < -0.4 is 11.4 Å². The maximum absolute atomic E-state index is 11.5. The van der Waals surface area contributed by atoms with Gasteiger partial charge in [-0.3, -0.25) is 9.27 Å². The van der Waals surface area contributed by atoms with Gasteiger partial charge in [0.15, 0.2) is 6.23 Å². The van der Waals surface area contributed by atoms with Crippen LogP contribution in [0.4, 0.5) is 10.5 Å². The fourth-order valence-corrected chi connectivity index (χ4v) is 1.73. The summed E-state index contributed by atoms with van der Waals surface area (Å²) in [5.41, 5.74) is 4.63. The van der Waals surface area contributed by atoms with Gasteiger partial charge in [0.25, 0.3) is 0 Å². The zero-order valence-electron chi connectivity index (χ0n) is 10.7. The molecule has 2 heterocycles. The number of alkyl halides is 2. The normalized spacial score (nSPS) is 27.5. The van der Waals surface area contributed by atoms with Crippen molar-refractivity contribution >= 4 is 29.0 Å². The Balaban J connectivity index is 0.000000922. The number of nitrogen functional groups attached to an aromatic ring is 1. The minimum Gasteiger partial charge on any atom is -0.394 e. The van der Waals surface area contributed by atoms with Crippen LogP contribution in [-0.2, 0) is 4.74 Å². The van der Waals surface area contributed by atoms with Gasteiger partial charge in [0.2, 0.25) is 0 Å². The number of aliphatic hydroxyl groups is 3. The first-order valence-corrected chi connectivity index (χ1v) is 6.62. The summed E-state index contributed by atoms with van der Waals surface area (Å²) in [5, 5.41) is 28.3. The molecule has 11 heteroatoms. The molecule has 1 aliphatic rings. The Morgan fingerprint density at radius 1 is 1.38 bits per heavy atom. The van der Waals surface area contributed by atoms with E-state index < -0.39 is 36.8 Å². The standard InChI is InChI=1S/C9H13N3O5.CH2Cl2.FH/c10-5-1-2-12(9(16)11-5)8-7(15)6(14)4(3-13)17-8;2-1-3;/h1-2,4,6-8,13-15H,3H2,(H2,10,11,16);1H2;1H/t4-,6-,7-,8-;;/m1../s1. The van der Waals surface area contributed by atoms with Crippen LogP contribution in [0.3, 0.4) is 0 Å². The molecule has 0 bridgehead atoms. The highest BCUT2D eigenvalue weighted by atomic mass is 35.5. The molecule has 0 aliphatic carbocycles. The van der Waals surface area contributed by atoms with Gasteiger partial charge in [0, 0.05) is 6.20 Å². The van der Waals surface area contributed by atoms with Gasteiger partial charge in [0.1, 0.15) is 24.1 Å². The highest BCUT2D eigenvalue weighted by Crippen LogP contribution is 2.27. The predicted molar refractivity (Wildman–Crippen MR) is 75.0 cm³/mol. The first-order valence-electron chi connectivity index (χ1n) is 5.55. The lowest BCUT2D eigenvalue weighted by atomic mass is 10.1. The van der Waals surface area contributed by atoms with E-state index in [-0.39, 0.29) is 15.9 Å². The van der Waals surface area contributed by atoms with Crippen molar-refractivity contribution in [1.82, 2.24) is 9.55 Å². The molecule has 1 aromatic heterocycles. The third kappa shape index (κ3) is 4.77. The average Bonchev–Trinajstić information content (AvgIpc) is 2.67. The van der Waals surface area contributed by atoms with E-state index in [1.807, 2.05) is 0 Å². The molecule has 0 aromatic carbocycles. The van der Waals surface area contributed by atoms with Gasteiger partial charge in [-0.2, -0.15) is 4.98 Å². The Labute approximate surface area is 129 Å². The summed E-state index contributed by atoms with van der Waals surface area (Å²) in [4.78, 5) is 15.0. The van der Waals surface area contributed by atoms with Gasteiger partial charge >= 0.3 is 5.69 Å². The molecule has 1 aromatic rings. The second-order valence-corrected chi connectivity index (χ2v) is 4.68.